The van der Waals surface area contributed by atoms with Crippen molar-refractivity contribution < 1.29 is 22.8 Å². The predicted molar refractivity (Wildman–Crippen MR) is 102 cm³/mol. The van der Waals surface area contributed by atoms with Crippen molar-refractivity contribution in [3.05, 3.63) is 54.1 Å². The third kappa shape index (κ3) is 4.34. The first-order valence-corrected chi connectivity index (χ1v) is 10.0. The summed E-state index contributed by atoms with van der Waals surface area (Å²) < 4.78 is 40.8. The number of alkyl halides is 3. The van der Waals surface area contributed by atoms with Gasteiger partial charge in [0.15, 0.2) is 0 Å². The monoisotopic (exact) mass is 420 g/mol. The van der Waals surface area contributed by atoms with Crippen molar-refractivity contribution in [1.82, 2.24) is 19.4 Å². The fourth-order valence-electron chi connectivity index (χ4n) is 4.28. The molecule has 1 aromatic carbocycles. The summed E-state index contributed by atoms with van der Waals surface area (Å²) in [7, 11) is 0. The van der Waals surface area contributed by atoms with Gasteiger partial charge < -0.3 is 14.4 Å². The maximum atomic E-state index is 12.9. The molecule has 2 fully saturated rings. The number of hydrogen-bond donors (Lipinski definition) is 0. The van der Waals surface area contributed by atoms with Gasteiger partial charge in [-0.25, -0.2) is 4.98 Å². The zero-order chi connectivity index (χ0) is 21.3. The summed E-state index contributed by atoms with van der Waals surface area (Å²) in [6.45, 7) is 1.57. The normalized spacial score (nSPS) is 20.8. The lowest BCUT2D eigenvalue weighted by Crippen LogP contribution is -2.42. The number of hydrogen-bond acceptors (Lipinski definition) is 3. The molecule has 2 aromatic rings. The zero-order valence-electron chi connectivity index (χ0n) is 16.4. The van der Waals surface area contributed by atoms with Crippen molar-refractivity contribution in [3.8, 4) is 0 Å². The molecule has 2 amide bonds. The fourth-order valence-corrected chi connectivity index (χ4v) is 4.28. The van der Waals surface area contributed by atoms with Crippen molar-refractivity contribution in [3.63, 3.8) is 0 Å². The molecular weight excluding hydrogens is 397 g/mol. The van der Waals surface area contributed by atoms with E-state index in [0.29, 0.717) is 24.7 Å². The van der Waals surface area contributed by atoms with Crippen LogP contribution in [0.1, 0.15) is 36.4 Å². The number of carbonyl (C=O) groups is 2. The molecule has 1 unspecified atom stereocenters. The van der Waals surface area contributed by atoms with Crippen LogP contribution >= 0.6 is 0 Å². The topological polar surface area (TPSA) is 58.4 Å². The van der Waals surface area contributed by atoms with Crippen LogP contribution in [0, 0.1) is 5.92 Å². The Morgan fingerprint density at radius 1 is 1.20 bits per heavy atom. The molecule has 3 heterocycles. The molecule has 0 bridgehead atoms. The number of nitrogens with zero attached hydrogens (tertiary/aromatic N) is 4. The number of imidazole rings is 1. The first-order valence-electron chi connectivity index (χ1n) is 10.0. The van der Waals surface area contributed by atoms with Crippen LogP contribution in [0.15, 0.2) is 43.0 Å². The molecule has 2 saturated heterocycles. The molecule has 160 valence electrons. The molecule has 1 atom stereocenters. The molecule has 1 aromatic heterocycles. The van der Waals surface area contributed by atoms with Gasteiger partial charge in [0.2, 0.25) is 11.8 Å². The minimum Gasteiger partial charge on any atom is -0.342 e. The van der Waals surface area contributed by atoms with Crippen LogP contribution < -0.4 is 0 Å². The molecule has 9 heteroatoms. The van der Waals surface area contributed by atoms with E-state index in [2.05, 4.69) is 9.55 Å². The Balaban J connectivity index is 1.34. The van der Waals surface area contributed by atoms with Crippen LogP contribution in [0.3, 0.4) is 0 Å². The summed E-state index contributed by atoms with van der Waals surface area (Å²) in [6.07, 6.45) is 2.78. The van der Waals surface area contributed by atoms with Gasteiger partial charge in [-0.1, -0.05) is 12.1 Å². The van der Waals surface area contributed by atoms with E-state index in [1.165, 1.54) is 11.0 Å². The minimum atomic E-state index is -4.42. The van der Waals surface area contributed by atoms with E-state index in [9.17, 15) is 22.8 Å². The second-order valence-electron chi connectivity index (χ2n) is 7.94. The van der Waals surface area contributed by atoms with Gasteiger partial charge in [0, 0.05) is 51.0 Å². The minimum absolute atomic E-state index is 0.0426. The number of halogens is 3. The third-order valence-corrected chi connectivity index (χ3v) is 5.91. The molecule has 0 saturated carbocycles. The number of carbonyl (C=O) groups excluding carboxylic acids is 2. The van der Waals surface area contributed by atoms with Crippen molar-refractivity contribution in [1.29, 1.82) is 0 Å². The molecule has 0 spiro atoms. The molecule has 0 radical (unpaired) electrons. The third-order valence-electron chi connectivity index (χ3n) is 5.91. The second-order valence-corrected chi connectivity index (χ2v) is 7.94. The Labute approximate surface area is 172 Å². The highest BCUT2D eigenvalue weighted by molar-refractivity contribution is 5.89. The Morgan fingerprint density at radius 2 is 1.97 bits per heavy atom. The lowest BCUT2D eigenvalue weighted by Gasteiger charge is -2.34. The number of aromatic nitrogens is 2. The Kier molecular flexibility index (Phi) is 5.53. The summed E-state index contributed by atoms with van der Waals surface area (Å²) >= 11 is 0. The molecule has 0 aliphatic carbocycles. The summed E-state index contributed by atoms with van der Waals surface area (Å²) in [4.78, 5) is 32.6. The molecule has 6 nitrogen and oxygen atoms in total. The molecule has 4 rings (SSSR count). The van der Waals surface area contributed by atoms with Crippen LogP contribution in [0.25, 0.3) is 0 Å². The Bertz CT molecular complexity index is 905. The smallest absolute Gasteiger partial charge is 0.342 e. The van der Waals surface area contributed by atoms with Gasteiger partial charge in [-0.05, 0) is 30.5 Å². The maximum Gasteiger partial charge on any atom is 0.416 e. The number of rotatable bonds is 4. The number of piperidine rings is 1. The van der Waals surface area contributed by atoms with Crippen molar-refractivity contribution in [2.45, 2.75) is 38.0 Å². The lowest BCUT2D eigenvalue weighted by molar-refractivity contribution is -0.138. The van der Waals surface area contributed by atoms with E-state index in [1.54, 1.807) is 23.5 Å². The van der Waals surface area contributed by atoms with Gasteiger partial charge in [0.05, 0.1) is 17.8 Å². The maximum absolute atomic E-state index is 12.9. The van der Waals surface area contributed by atoms with Crippen LogP contribution in [-0.2, 0) is 22.3 Å². The number of benzene rings is 1. The summed E-state index contributed by atoms with van der Waals surface area (Å²) in [5.74, 6) is -0.675. The standard InChI is InChI=1S/C21H23F3N4O2/c22-21(23,24)17-3-1-2-15(10-17)12-28-13-16(11-19(28)29)20(30)26-7-4-18(5-8-26)27-9-6-25-14-27/h1-3,6,9-10,14,16,18H,4-5,7-8,11-13H2. The zero-order valence-corrected chi connectivity index (χ0v) is 16.4. The van der Waals surface area contributed by atoms with Gasteiger partial charge in [0.25, 0.3) is 0 Å². The Morgan fingerprint density at radius 3 is 2.63 bits per heavy atom. The van der Waals surface area contributed by atoms with Crippen molar-refractivity contribution in [2.75, 3.05) is 19.6 Å². The predicted octanol–water partition coefficient (Wildman–Crippen LogP) is 3.11. The van der Waals surface area contributed by atoms with Crippen molar-refractivity contribution in [2.24, 2.45) is 5.92 Å². The van der Waals surface area contributed by atoms with E-state index < -0.39 is 17.7 Å². The largest absolute Gasteiger partial charge is 0.416 e. The number of likely N-dealkylation sites (tertiary alicyclic amines) is 2. The lowest BCUT2D eigenvalue weighted by atomic mass is 10.0. The molecule has 30 heavy (non-hydrogen) atoms. The van der Waals surface area contributed by atoms with Gasteiger partial charge in [-0.2, -0.15) is 13.2 Å². The fraction of sp³-hybridized carbons (Fsp3) is 0.476. The van der Waals surface area contributed by atoms with Crippen LogP contribution in [0.2, 0.25) is 0 Å². The quantitative estimate of drug-likeness (QED) is 0.764. The van der Waals surface area contributed by atoms with Gasteiger partial charge in [-0.15, -0.1) is 0 Å². The van der Waals surface area contributed by atoms with Gasteiger partial charge >= 0.3 is 6.18 Å². The first kappa shape index (κ1) is 20.4. The van der Waals surface area contributed by atoms with Gasteiger partial charge in [0.1, 0.15) is 0 Å². The average molecular weight is 420 g/mol. The van der Waals surface area contributed by atoms with Crippen molar-refractivity contribution >= 4 is 11.8 Å². The van der Waals surface area contributed by atoms with E-state index in [0.717, 1.165) is 25.0 Å². The van der Waals surface area contributed by atoms with Crippen LogP contribution in [0.5, 0.6) is 0 Å². The van der Waals surface area contributed by atoms with Crippen LogP contribution in [-0.4, -0.2) is 50.8 Å². The highest BCUT2D eigenvalue weighted by atomic mass is 19.4. The average Bonchev–Trinajstić information content (AvgIpc) is 3.38. The molecular formula is C21H23F3N4O2. The second kappa shape index (κ2) is 8.12. The summed E-state index contributed by atoms with van der Waals surface area (Å²) in [5, 5.41) is 0. The highest BCUT2D eigenvalue weighted by Gasteiger charge is 2.38. The van der Waals surface area contributed by atoms with Crippen LogP contribution in [0.4, 0.5) is 13.2 Å². The molecule has 2 aliphatic heterocycles. The molecule has 2 aliphatic rings. The van der Waals surface area contributed by atoms with E-state index >= 15 is 0 Å². The summed E-state index contributed by atoms with van der Waals surface area (Å²) in [6, 6.07) is 5.29. The summed E-state index contributed by atoms with van der Waals surface area (Å²) in [5.41, 5.74) is -0.326. The van der Waals surface area contributed by atoms with E-state index in [-0.39, 0.29) is 31.3 Å². The van der Waals surface area contributed by atoms with E-state index in [1.807, 2.05) is 6.20 Å². The molecule has 0 N–H and O–H groups in total. The van der Waals surface area contributed by atoms with Gasteiger partial charge in [-0.3, -0.25) is 9.59 Å². The highest BCUT2D eigenvalue weighted by Crippen LogP contribution is 2.31. The van der Waals surface area contributed by atoms with E-state index in [4.69, 9.17) is 0 Å². The Hall–Kier alpha value is -2.84. The SMILES string of the molecule is O=C1CC(C(=O)N2CCC(n3ccnc3)CC2)CN1Cc1cccc(C(F)(F)F)c1. The number of amides is 2. The first-order chi connectivity index (χ1) is 14.3.